The van der Waals surface area contributed by atoms with Crippen LogP contribution in [0.3, 0.4) is 0 Å². The Hall–Kier alpha value is -2.11. The summed E-state index contributed by atoms with van der Waals surface area (Å²) in [6.07, 6.45) is 1.35. The van der Waals surface area contributed by atoms with Crippen LogP contribution in [0.2, 0.25) is 0 Å². The zero-order chi connectivity index (χ0) is 13.9. The molecule has 1 atom stereocenters. The monoisotopic (exact) mass is 252 g/mol. The molecule has 98 valence electrons. The minimum Gasteiger partial charge on any atom is -0.505 e. The van der Waals surface area contributed by atoms with Crippen molar-refractivity contribution in [3.05, 3.63) is 24.0 Å². The van der Waals surface area contributed by atoms with Crippen LogP contribution in [0.1, 0.15) is 31.3 Å². The van der Waals surface area contributed by atoms with Gasteiger partial charge in [0.2, 0.25) is 0 Å². The standard InChI is InChI=1S/C12H16N2O4/c1-12(2,3)9(11(17)18)14-10(16)8-7(15)5-4-6-13-8/h4-6,9,15H,1-3H3,(H,14,16)(H,17,18)/t9-/m1/s1. The van der Waals surface area contributed by atoms with Crippen LogP contribution in [0.15, 0.2) is 18.3 Å². The van der Waals surface area contributed by atoms with Crippen molar-refractivity contribution in [3.8, 4) is 5.75 Å². The molecule has 1 heterocycles. The largest absolute Gasteiger partial charge is 0.505 e. The lowest BCUT2D eigenvalue weighted by Crippen LogP contribution is -2.49. The minimum atomic E-state index is -1.13. The van der Waals surface area contributed by atoms with Gasteiger partial charge in [0.05, 0.1) is 0 Å². The Balaban J connectivity index is 2.93. The smallest absolute Gasteiger partial charge is 0.326 e. The van der Waals surface area contributed by atoms with E-state index in [9.17, 15) is 14.7 Å². The fraction of sp³-hybridized carbons (Fsp3) is 0.417. The second kappa shape index (κ2) is 5.03. The Morgan fingerprint density at radius 2 is 2.00 bits per heavy atom. The van der Waals surface area contributed by atoms with Crippen LogP contribution >= 0.6 is 0 Å². The third-order valence-electron chi connectivity index (χ3n) is 2.39. The number of pyridine rings is 1. The van der Waals surface area contributed by atoms with Gasteiger partial charge in [-0.2, -0.15) is 0 Å². The fourth-order valence-electron chi connectivity index (χ4n) is 1.42. The molecular weight excluding hydrogens is 236 g/mol. The first-order valence-electron chi connectivity index (χ1n) is 5.41. The van der Waals surface area contributed by atoms with Crippen molar-refractivity contribution >= 4 is 11.9 Å². The molecule has 0 bridgehead atoms. The highest BCUT2D eigenvalue weighted by molar-refractivity contribution is 5.97. The molecule has 0 aliphatic heterocycles. The number of hydrogen-bond donors (Lipinski definition) is 3. The lowest BCUT2D eigenvalue weighted by molar-refractivity contribution is -0.142. The number of aromatic hydroxyl groups is 1. The van der Waals surface area contributed by atoms with Gasteiger partial charge in [0.1, 0.15) is 11.8 Å². The normalized spacial score (nSPS) is 12.8. The average molecular weight is 252 g/mol. The lowest BCUT2D eigenvalue weighted by atomic mass is 9.86. The Bertz CT molecular complexity index is 465. The van der Waals surface area contributed by atoms with E-state index in [4.69, 9.17) is 5.11 Å². The predicted octanol–water partition coefficient (Wildman–Crippen LogP) is 1.02. The molecule has 0 unspecified atom stereocenters. The number of rotatable bonds is 3. The first-order chi connectivity index (χ1) is 8.23. The number of nitrogens with one attached hydrogen (secondary N) is 1. The molecular formula is C12H16N2O4. The molecule has 0 aliphatic carbocycles. The molecule has 3 N–H and O–H groups in total. The number of carboxylic acid groups (broad SMARTS) is 1. The summed E-state index contributed by atoms with van der Waals surface area (Å²) in [6.45, 7) is 5.10. The topological polar surface area (TPSA) is 99.5 Å². The molecule has 6 nitrogen and oxygen atoms in total. The van der Waals surface area contributed by atoms with Gasteiger partial charge >= 0.3 is 5.97 Å². The van der Waals surface area contributed by atoms with E-state index in [1.807, 2.05) is 0 Å². The van der Waals surface area contributed by atoms with E-state index < -0.39 is 23.3 Å². The van der Waals surface area contributed by atoms with Gasteiger partial charge in [0.25, 0.3) is 5.91 Å². The number of carbonyl (C=O) groups excluding carboxylic acids is 1. The number of carbonyl (C=O) groups is 2. The summed E-state index contributed by atoms with van der Waals surface area (Å²) in [6, 6.07) is 1.73. The first-order valence-corrected chi connectivity index (χ1v) is 5.41. The Kier molecular flexibility index (Phi) is 3.90. The van der Waals surface area contributed by atoms with Crippen molar-refractivity contribution in [2.24, 2.45) is 5.41 Å². The number of aliphatic carboxylic acids is 1. The van der Waals surface area contributed by atoms with Crippen LogP contribution in [0.25, 0.3) is 0 Å². The van der Waals surface area contributed by atoms with Crippen molar-refractivity contribution < 1.29 is 19.8 Å². The van der Waals surface area contributed by atoms with Gasteiger partial charge in [-0.25, -0.2) is 9.78 Å². The molecule has 0 saturated heterocycles. The van der Waals surface area contributed by atoms with Crippen molar-refractivity contribution in [1.82, 2.24) is 10.3 Å². The van der Waals surface area contributed by atoms with Gasteiger partial charge in [-0.15, -0.1) is 0 Å². The van der Waals surface area contributed by atoms with Crippen molar-refractivity contribution in [3.63, 3.8) is 0 Å². The maximum absolute atomic E-state index is 11.8. The van der Waals surface area contributed by atoms with Crippen molar-refractivity contribution in [2.45, 2.75) is 26.8 Å². The lowest BCUT2D eigenvalue weighted by Gasteiger charge is -2.27. The average Bonchev–Trinajstić information content (AvgIpc) is 2.24. The Labute approximate surface area is 105 Å². The van der Waals surface area contributed by atoms with Gasteiger partial charge < -0.3 is 15.5 Å². The molecule has 6 heteroatoms. The summed E-state index contributed by atoms with van der Waals surface area (Å²) in [5, 5.41) is 20.9. The van der Waals surface area contributed by atoms with E-state index >= 15 is 0 Å². The van der Waals surface area contributed by atoms with Gasteiger partial charge in [-0.05, 0) is 17.5 Å². The van der Waals surface area contributed by atoms with Gasteiger partial charge in [0.15, 0.2) is 5.69 Å². The molecule has 1 rings (SSSR count). The summed E-state index contributed by atoms with van der Waals surface area (Å²) < 4.78 is 0. The Morgan fingerprint density at radius 1 is 1.39 bits per heavy atom. The maximum atomic E-state index is 11.8. The molecule has 1 aromatic heterocycles. The number of nitrogens with zero attached hydrogens (tertiary/aromatic N) is 1. The van der Waals surface area contributed by atoms with Crippen LogP contribution in [-0.4, -0.2) is 33.1 Å². The first kappa shape index (κ1) is 14.0. The molecule has 1 amide bonds. The number of carboxylic acids is 1. The minimum absolute atomic E-state index is 0.187. The Morgan fingerprint density at radius 3 is 2.44 bits per heavy atom. The number of hydrogen-bond acceptors (Lipinski definition) is 4. The van der Waals surface area contributed by atoms with E-state index in [1.54, 1.807) is 20.8 Å². The zero-order valence-corrected chi connectivity index (χ0v) is 10.5. The van der Waals surface area contributed by atoms with Crippen LogP contribution < -0.4 is 5.32 Å². The highest BCUT2D eigenvalue weighted by Crippen LogP contribution is 2.20. The molecule has 0 spiro atoms. The number of amides is 1. The van der Waals surface area contributed by atoms with E-state index in [0.717, 1.165) is 0 Å². The molecule has 0 radical (unpaired) electrons. The van der Waals surface area contributed by atoms with Crippen LogP contribution in [0.4, 0.5) is 0 Å². The molecule has 1 aromatic rings. The second-order valence-electron chi connectivity index (χ2n) is 4.98. The van der Waals surface area contributed by atoms with Crippen LogP contribution in [-0.2, 0) is 4.79 Å². The summed E-state index contributed by atoms with van der Waals surface area (Å²) in [5.74, 6) is -2.13. The molecule has 0 saturated carbocycles. The highest BCUT2D eigenvalue weighted by Gasteiger charge is 2.33. The number of aromatic nitrogens is 1. The summed E-state index contributed by atoms with van der Waals surface area (Å²) in [7, 11) is 0. The molecule has 0 aliphatic rings. The quantitative estimate of drug-likeness (QED) is 0.745. The van der Waals surface area contributed by atoms with E-state index in [-0.39, 0.29) is 11.4 Å². The van der Waals surface area contributed by atoms with Gasteiger partial charge in [0, 0.05) is 6.20 Å². The van der Waals surface area contributed by atoms with E-state index in [1.165, 1.54) is 18.3 Å². The third kappa shape index (κ3) is 3.19. The fourth-order valence-corrected chi connectivity index (χ4v) is 1.42. The predicted molar refractivity (Wildman–Crippen MR) is 64.2 cm³/mol. The third-order valence-corrected chi connectivity index (χ3v) is 2.39. The van der Waals surface area contributed by atoms with Crippen molar-refractivity contribution in [1.29, 1.82) is 0 Å². The highest BCUT2D eigenvalue weighted by atomic mass is 16.4. The van der Waals surface area contributed by atoms with Crippen LogP contribution in [0, 0.1) is 5.41 Å². The summed E-state index contributed by atoms with van der Waals surface area (Å²) >= 11 is 0. The summed E-state index contributed by atoms with van der Waals surface area (Å²) in [5.41, 5.74) is -0.834. The second-order valence-corrected chi connectivity index (χ2v) is 4.98. The van der Waals surface area contributed by atoms with Crippen LogP contribution in [0.5, 0.6) is 5.75 Å². The molecule has 0 fully saturated rings. The molecule has 0 aromatic carbocycles. The summed E-state index contributed by atoms with van der Waals surface area (Å²) in [4.78, 5) is 26.6. The van der Waals surface area contributed by atoms with E-state index in [0.29, 0.717) is 0 Å². The van der Waals surface area contributed by atoms with Gasteiger partial charge in [-0.3, -0.25) is 4.79 Å². The maximum Gasteiger partial charge on any atom is 0.326 e. The van der Waals surface area contributed by atoms with Gasteiger partial charge in [-0.1, -0.05) is 20.8 Å². The SMILES string of the molecule is CC(C)(C)[C@H](NC(=O)c1ncccc1O)C(=O)O. The molecule has 18 heavy (non-hydrogen) atoms. The van der Waals surface area contributed by atoms with E-state index in [2.05, 4.69) is 10.3 Å². The zero-order valence-electron chi connectivity index (χ0n) is 10.5. The van der Waals surface area contributed by atoms with Crippen molar-refractivity contribution in [2.75, 3.05) is 0 Å².